The summed E-state index contributed by atoms with van der Waals surface area (Å²) in [5, 5.41) is 3.10. The standard InChI is InChI=1S/C22H23FN4O/c1-16-14-17(5-10-21(16)28-20-8-6-18(23)7-9-20)15-27-22(24)26-13-11-19-4-2-3-12-25-19/h2-10,12,14H,11,13,15H2,1H3,(H3,24,26,27). The summed E-state index contributed by atoms with van der Waals surface area (Å²) >= 11 is 0. The lowest BCUT2D eigenvalue weighted by Crippen LogP contribution is -2.33. The van der Waals surface area contributed by atoms with Crippen molar-refractivity contribution in [3.63, 3.8) is 0 Å². The van der Waals surface area contributed by atoms with Crippen LogP contribution >= 0.6 is 0 Å². The van der Waals surface area contributed by atoms with Crippen molar-refractivity contribution in [1.29, 1.82) is 0 Å². The molecule has 1 heterocycles. The molecule has 1 aromatic heterocycles. The van der Waals surface area contributed by atoms with Gasteiger partial charge in [-0.15, -0.1) is 0 Å². The van der Waals surface area contributed by atoms with E-state index in [2.05, 4.69) is 15.3 Å². The third-order valence-corrected chi connectivity index (χ3v) is 4.13. The van der Waals surface area contributed by atoms with Crippen LogP contribution in [-0.2, 0) is 13.0 Å². The van der Waals surface area contributed by atoms with E-state index in [0.29, 0.717) is 24.8 Å². The van der Waals surface area contributed by atoms with Gasteiger partial charge in [-0.3, -0.25) is 4.98 Å². The fourth-order valence-electron chi connectivity index (χ4n) is 2.65. The number of hydrogen-bond donors (Lipinski definition) is 2. The molecule has 0 radical (unpaired) electrons. The number of nitrogens with zero attached hydrogens (tertiary/aromatic N) is 2. The Bertz CT molecular complexity index is 927. The zero-order valence-electron chi connectivity index (χ0n) is 15.7. The van der Waals surface area contributed by atoms with Gasteiger partial charge in [0.2, 0.25) is 0 Å². The Hall–Kier alpha value is -3.41. The van der Waals surface area contributed by atoms with Crippen LogP contribution in [0.1, 0.15) is 16.8 Å². The number of rotatable bonds is 7. The van der Waals surface area contributed by atoms with Gasteiger partial charge in [0.15, 0.2) is 5.96 Å². The molecule has 3 aromatic rings. The van der Waals surface area contributed by atoms with E-state index in [9.17, 15) is 4.39 Å². The quantitative estimate of drug-likeness (QED) is 0.482. The number of nitrogens with two attached hydrogens (primary N) is 1. The summed E-state index contributed by atoms with van der Waals surface area (Å²) in [5.41, 5.74) is 8.94. The molecule has 28 heavy (non-hydrogen) atoms. The van der Waals surface area contributed by atoms with E-state index in [4.69, 9.17) is 10.5 Å². The molecule has 0 amide bonds. The molecule has 0 aliphatic carbocycles. The van der Waals surface area contributed by atoms with Crippen molar-refractivity contribution in [3.05, 3.63) is 89.5 Å². The second kappa shape index (κ2) is 9.50. The Labute approximate surface area is 164 Å². The van der Waals surface area contributed by atoms with Crippen LogP contribution in [0, 0.1) is 12.7 Å². The molecule has 0 fully saturated rings. The van der Waals surface area contributed by atoms with Crippen LogP contribution in [0.3, 0.4) is 0 Å². The molecule has 0 bridgehead atoms. The Kier molecular flexibility index (Phi) is 6.57. The van der Waals surface area contributed by atoms with Crippen LogP contribution < -0.4 is 15.8 Å². The van der Waals surface area contributed by atoms with Crippen LogP contribution in [0.4, 0.5) is 4.39 Å². The number of hydrogen-bond acceptors (Lipinski definition) is 3. The number of aryl methyl sites for hydroxylation is 1. The van der Waals surface area contributed by atoms with Gasteiger partial charge in [0.25, 0.3) is 0 Å². The number of aromatic nitrogens is 1. The maximum Gasteiger partial charge on any atom is 0.188 e. The zero-order valence-corrected chi connectivity index (χ0v) is 15.7. The molecule has 0 saturated carbocycles. The molecule has 3 rings (SSSR count). The van der Waals surface area contributed by atoms with Gasteiger partial charge in [0, 0.05) is 24.9 Å². The van der Waals surface area contributed by atoms with Crippen LogP contribution in [0.25, 0.3) is 0 Å². The monoisotopic (exact) mass is 378 g/mol. The Morgan fingerprint density at radius 1 is 1.14 bits per heavy atom. The molecular formula is C22H23FN4O. The van der Waals surface area contributed by atoms with E-state index in [1.165, 1.54) is 12.1 Å². The zero-order chi connectivity index (χ0) is 19.8. The van der Waals surface area contributed by atoms with E-state index >= 15 is 0 Å². The molecule has 144 valence electrons. The van der Waals surface area contributed by atoms with Crippen molar-refractivity contribution < 1.29 is 9.13 Å². The largest absolute Gasteiger partial charge is 0.457 e. The van der Waals surface area contributed by atoms with E-state index in [0.717, 1.165) is 29.0 Å². The predicted octanol–water partition coefficient (Wildman–Crippen LogP) is 3.97. The highest BCUT2D eigenvalue weighted by atomic mass is 19.1. The number of guanidine groups is 1. The normalized spacial score (nSPS) is 11.3. The lowest BCUT2D eigenvalue weighted by atomic mass is 10.1. The average molecular weight is 378 g/mol. The van der Waals surface area contributed by atoms with Crippen molar-refractivity contribution in [3.8, 4) is 11.5 Å². The van der Waals surface area contributed by atoms with Crippen LogP contribution in [0.2, 0.25) is 0 Å². The van der Waals surface area contributed by atoms with Crippen molar-refractivity contribution in [2.24, 2.45) is 10.7 Å². The summed E-state index contributed by atoms with van der Waals surface area (Å²) in [4.78, 5) is 8.64. The van der Waals surface area contributed by atoms with E-state index < -0.39 is 0 Å². The molecule has 0 atom stereocenters. The number of aliphatic imine (C=N–C) groups is 1. The summed E-state index contributed by atoms with van der Waals surface area (Å²) in [6.45, 7) is 3.11. The van der Waals surface area contributed by atoms with Gasteiger partial charge in [0.1, 0.15) is 17.3 Å². The molecule has 0 spiro atoms. The molecule has 0 aliphatic rings. The highest BCUT2D eigenvalue weighted by molar-refractivity contribution is 5.77. The first kappa shape index (κ1) is 19.4. The Morgan fingerprint density at radius 3 is 2.68 bits per heavy atom. The molecule has 6 heteroatoms. The molecular weight excluding hydrogens is 355 g/mol. The average Bonchev–Trinajstić information content (AvgIpc) is 2.71. The lowest BCUT2D eigenvalue weighted by molar-refractivity contribution is 0.476. The number of nitrogens with one attached hydrogen (secondary N) is 1. The maximum atomic E-state index is 13.0. The van der Waals surface area contributed by atoms with Crippen LogP contribution in [0.15, 0.2) is 71.9 Å². The predicted molar refractivity (Wildman–Crippen MR) is 109 cm³/mol. The minimum Gasteiger partial charge on any atom is -0.457 e. The van der Waals surface area contributed by atoms with Gasteiger partial charge in [0.05, 0.1) is 6.54 Å². The van der Waals surface area contributed by atoms with Gasteiger partial charge in [-0.2, -0.15) is 0 Å². The molecule has 0 saturated heterocycles. The highest BCUT2D eigenvalue weighted by Gasteiger charge is 2.04. The summed E-state index contributed by atoms with van der Waals surface area (Å²) in [7, 11) is 0. The second-order valence-electron chi connectivity index (χ2n) is 6.36. The fraction of sp³-hybridized carbons (Fsp3) is 0.182. The smallest absolute Gasteiger partial charge is 0.188 e. The molecule has 5 nitrogen and oxygen atoms in total. The number of benzene rings is 2. The van der Waals surface area contributed by atoms with Crippen molar-refractivity contribution in [1.82, 2.24) is 10.3 Å². The molecule has 2 aromatic carbocycles. The summed E-state index contributed by atoms with van der Waals surface area (Å²) < 4.78 is 18.8. The fourth-order valence-corrected chi connectivity index (χ4v) is 2.65. The van der Waals surface area contributed by atoms with E-state index in [1.54, 1.807) is 18.3 Å². The van der Waals surface area contributed by atoms with Crippen molar-refractivity contribution in [2.45, 2.75) is 19.9 Å². The summed E-state index contributed by atoms with van der Waals surface area (Å²) in [6.07, 6.45) is 2.56. The molecule has 3 N–H and O–H groups in total. The lowest BCUT2D eigenvalue weighted by Gasteiger charge is -2.10. The first-order valence-corrected chi connectivity index (χ1v) is 9.07. The number of ether oxygens (including phenoxy) is 1. The van der Waals surface area contributed by atoms with Crippen LogP contribution in [0.5, 0.6) is 11.5 Å². The van der Waals surface area contributed by atoms with Gasteiger partial charge in [-0.1, -0.05) is 18.2 Å². The maximum absolute atomic E-state index is 13.0. The topological polar surface area (TPSA) is 72.5 Å². The van der Waals surface area contributed by atoms with Gasteiger partial charge in [-0.25, -0.2) is 9.38 Å². The first-order chi connectivity index (χ1) is 13.6. The first-order valence-electron chi connectivity index (χ1n) is 9.07. The molecule has 0 unspecified atom stereocenters. The molecule has 0 aliphatic heterocycles. The third-order valence-electron chi connectivity index (χ3n) is 4.13. The van der Waals surface area contributed by atoms with Crippen molar-refractivity contribution in [2.75, 3.05) is 6.54 Å². The minimum absolute atomic E-state index is 0.288. The van der Waals surface area contributed by atoms with Crippen molar-refractivity contribution >= 4 is 5.96 Å². The van der Waals surface area contributed by atoms with Crippen LogP contribution in [-0.4, -0.2) is 17.5 Å². The van der Waals surface area contributed by atoms with E-state index in [1.807, 2.05) is 43.3 Å². The number of halogens is 1. The van der Waals surface area contributed by atoms with Gasteiger partial charge >= 0.3 is 0 Å². The van der Waals surface area contributed by atoms with Gasteiger partial charge in [-0.05, 0) is 60.5 Å². The Balaban J connectivity index is 1.51. The summed E-state index contributed by atoms with van der Waals surface area (Å²) in [6, 6.07) is 17.6. The second-order valence-corrected chi connectivity index (χ2v) is 6.36. The minimum atomic E-state index is -0.288. The van der Waals surface area contributed by atoms with Gasteiger partial charge < -0.3 is 15.8 Å². The Morgan fingerprint density at radius 2 is 1.96 bits per heavy atom. The third kappa shape index (κ3) is 5.81. The number of pyridine rings is 1. The summed E-state index contributed by atoms with van der Waals surface area (Å²) in [5.74, 6) is 1.43. The highest BCUT2D eigenvalue weighted by Crippen LogP contribution is 2.26. The van der Waals surface area contributed by atoms with E-state index in [-0.39, 0.29) is 5.82 Å². The SMILES string of the molecule is Cc1cc(CN=C(N)NCCc2ccccn2)ccc1Oc1ccc(F)cc1.